The number of aliphatic hydroxyl groups is 1. The second-order valence-electron chi connectivity index (χ2n) is 11.4. The van der Waals surface area contributed by atoms with Crippen molar-refractivity contribution in [1.29, 1.82) is 0 Å². The molecule has 1 atom stereocenters. The molecule has 180 valence electrons. The van der Waals surface area contributed by atoms with Crippen LogP contribution in [-0.2, 0) is 4.43 Å². The fraction of sp³-hybridized carbons (Fsp3) is 0.923. The zero-order valence-electron chi connectivity index (χ0n) is 22.4. The Balaban J connectivity index is 5.90. The van der Waals surface area contributed by atoms with Crippen molar-refractivity contribution in [2.75, 3.05) is 6.61 Å². The molecule has 0 saturated carbocycles. The van der Waals surface area contributed by atoms with Crippen LogP contribution < -0.4 is 0 Å². The standard InChI is InChI=1S/C14H29O2Si.3C4H9.Sn/c1-12(2)13(15)10-8-9-11-16-17(6,7)14(3,4)5;3*1-3-4-2;/h10,12-13,15H,9,11H2,1-7H3;3*1,3-4H2,2H3;. The van der Waals surface area contributed by atoms with Crippen molar-refractivity contribution < 1.29 is 9.53 Å². The Labute approximate surface area is 195 Å². The molecule has 0 aromatic carbocycles. The minimum absolute atomic E-state index is 0.251. The van der Waals surface area contributed by atoms with Crippen molar-refractivity contribution >= 4 is 26.7 Å². The van der Waals surface area contributed by atoms with E-state index < -0.39 is 26.7 Å². The molecule has 0 fully saturated rings. The van der Waals surface area contributed by atoms with Crippen molar-refractivity contribution in [3.63, 3.8) is 0 Å². The summed E-state index contributed by atoms with van der Waals surface area (Å²) >= 11 is -2.54. The Morgan fingerprint density at radius 1 is 0.933 bits per heavy atom. The van der Waals surface area contributed by atoms with Gasteiger partial charge in [0.15, 0.2) is 0 Å². The van der Waals surface area contributed by atoms with E-state index in [0.717, 1.165) is 13.0 Å². The van der Waals surface area contributed by atoms with Gasteiger partial charge in [0.1, 0.15) is 0 Å². The van der Waals surface area contributed by atoms with Gasteiger partial charge < -0.3 is 0 Å². The maximum absolute atomic E-state index is 10.8. The summed E-state index contributed by atoms with van der Waals surface area (Å²) in [6, 6.07) is 0. The number of aliphatic hydroxyl groups excluding tert-OH is 1. The van der Waals surface area contributed by atoms with Crippen LogP contribution in [0.15, 0.2) is 9.67 Å². The van der Waals surface area contributed by atoms with Crippen molar-refractivity contribution in [2.24, 2.45) is 5.92 Å². The Morgan fingerprint density at radius 2 is 1.37 bits per heavy atom. The van der Waals surface area contributed by atoms with Gasteiger partial charge in [-0.25, -0.2) is 0 Å². The molecule has 1 N–H and O–H groups in total. The van der Waals surface area contributed by atoms with Gasteiger partial charge in [-0.1, -0.05) is 0 Å². The Bertz CT molecular complexity index is 458. The molecule has 0 bridgehead atoms. The first-order valence-electron chi connectivity index (χ1n) is 12.9. The first-order chi connectivity index (χ1) is 13.9. The van der Waals surface area contributed by atoms with Gasteiger partial charge in [-0.2, -0.15) is 0 Å². The number of hydrogen-bond acceptors (Lipinski definition) is 2. The van der Waals surface area contributed by atoms with Gasteiger partial charge in [0, 0.05) is 0 Å². The van der Waals surface area contributed by atoms with Crippen LogP contribution in [0.5, 0.6) is 0 Å². The van der Waals surface area contributed by atoms with Crippen molar-refractivity contribution in [1.82, 2.24) is 0 Å². The molecular formula is C26H56O2SiSn. The van der Waals surface area contributed by atoms with Crippen LogP contribution in [0, 0.1) is 5.92 Å². The Kier molecular flexibility index (Phi) is 15.1. The molecule has 0 amide bonds. The van der Waals surface area contributed by atoms with Gasteiger partial charge in [-0.15, -0.1) is 0 Å². The molecule has 0 aliphatic carbocycles. The first kappa shape index (κ1) is 30.7. The molecule has 2 nitrogen and oxygen atoms in total. The third-order valence-electron chi connectivity index (χ3n) is 7.40. The van der Waals surface area contributed by atoms with Crippen LogP contribution in [0.2, 0.25) is 31.4 Å². The van der Waals surface area contributed by atoms with Crippen LogP contribution >= 0.6 is 0 Å². The van der Waals surface area contributed by atoms with Gasteiger partial charge in [0.2, 0.25) is 0 Å². The van der Waals surface area contributed by atoms with E-state index in [9.17, 15) is 5.11 Å². The van der Waals surface area contributed by atoms with Crippen molar-refractivity contribution in [3.05, 3.63) is 9.67 Å². The summed E-state index contributed by atoms with van der Waals surface area (Å²) in [6.45, 7) is 23.8. The second-order valence-corrected chi connectivity index (χ2v) is 29.6. The van der Waals surface area contributed by atoms with E-state index >= 15 is 0 Å². The summed E-state index contributed by atoms with van der Waals surface area (Å²) in [7, 11) is -1.74. The van der Waals surface area contributed by atoms with Crippen molar-refractivity contribution in [3.8, 4) is 0 Å². The summed E-state index contributed by atoms with van der Waals surface area (Å²) in [5.74, 6) is 0.286. The van der Waals surface area contributed by atoms with E-state index in [1.54, 1.807) is 3.59 Å². The van der Waals surface area contributed by atoms with E-state index in [0.29, 0.717) is 0 Å². The van der Waals surface area contributed by atoms with Crippen LogP contribution in [-0.4, -0.2) is 44.5 Å². The first-order valence-corrected chi connectivity index (χ1v) is 23.3. The fourth-order valence-corrected chi connectivity index (χ4v) is 22.0. The van der Waals surface area contributed by atoms with Gasteiger partial charge in [-0.05, 0) is 0 Å². The van der Waals surface area contributed by atoms with Gasteiger partial charge in [-0.3, -0.25) is 0 Å². The van der Waals surface area contributed by atoms with E-state index in [1.165, 1.54) is 51.8 Å². The van der Waals surface area contributed by atoms with Gasteiger partial charge in [0.05, 0.1) is 0 Å². The molecule has 0 rings (SSSR count). The quantitative estimate of drug-likeness (QED) is 0.196. The van der Waals surface area contributed by atoms with Gasteiger partial charge in [0.25, 0.3) is 0 Å². The molecule has 0 aliphatic heterocycles. The molecule has 0 aromatic heterocycles. The molecule has 30 heavy (non-hydrogen) atoms. The van der Waals surface area contributed by atoms with Crippen LogP contribution in [0.1, 0.15) is 100 Å². The zero-order chi connectivity index (χ0) is 23.4. The molecule has 1 unspecified atom stereocenters. The molecular weight excluding hydrogens is 491 g/mol. The third-order valence-corrected chi connectivity index (χ3v) is 28.2. The summed E-state index contributed by atoms with van der Waals surface area (Å²) < 4.78 is 12.7. The maximum atomic E-state index is 10.8. The normalized spacial score (nSPS) is 15.1. The predicted molar refractivity (Wildman–Crippen MR) is 142 cm³/mol. The topological polar surface area (TPSA) is 29.5 Å². The molecule has 0 saturated heterocycles. The second kappa shape index (κ2) is 14.7. The molecule has 0 radical (unpaired) electrons. The van der Waals surface area contributed by atoms with Crippen molar-refractivity contribution in [2.45, 2.75) is 138 Å². The average molecular weight is 548 g/mol. The molecule has 0 spiro atoms. The average Bonchev–Trinajstić information content (AvgIpc) is 2.65. The Hall–Kier alpha value is 0.676. The molecule has 4 heteroatoms. The van der Waals surface area contributed by atoms with E-state index in [2.05, 4.69) is 74.6 Å². The van der Waals surface area contributed by atoms with Crippen LogP contribution in [0.4, 0.5) is 0 Å². The SMILES string of the molecule is CCC[CH2][Sn]([CH2]CCC)([CH2]CCC)/[C](=C/C(O)C(C)C)CCO[Si](C)(C)C(C)(C)C. The number of hydrogen-bond donors (Lipinski definition) is 1. The fourth-order valence-electron chi connectivity index (χ4n) is 3.96. The predicted octanol–water partition coefficient (Wildman–Crippen LogP) is 8.73. The van der Waals surface area contributed by atoms with E-state index in [1.807, 2.05) is 0 Å². The summed E-state index contributed by atoms with van der Waals surface area (Å²) in [6.07, 6.45) is 11.0. The van der Waals surface area contributed by atoms with Gasteiger partial charge >= 0.3 is 196 Å². The van der Waals surface area contributed by atoms with Crippen LogP contribution in [0.25, 0.3) is 0 Å². The minimum atomic E-state index is -2.54. The van der Waals surface area contributed by atoms with Crippen LogP contribution in [0.3, 0.4) is 0 Å². The summed E-state index contributed by atoms with van der Waals surface area (Å²) in [4.78, 5) is 0. The molecule has 0 aromatic rings. The van der Waals surface area contributed by atoms with E-state index in [-0.39, 0.29) is 17.1 Å². The zero-order valence-corrected chi connectivity index (χ0v) is 26.2. The monoisotopic (exact) mass is 548 g/mol. The molecule has 0 heterocycles. The third kappa shape index (κ3) is 10.5. The summed E-state index contributed by atoms with van der Waals surface area (Å²) in [5, 5.41) is 11.1. The Morgan fingerprint density at radius 3 is 1.70 bits per heavy atom. The number of unbranched alkanes of at least 4 members (excludes halogenated alkanes) is 3. The number of rotatable bonds is 16. The van der Waals surface area contributed by atoms with E-state index in [4.69, 9.17) is 4.43 Å². The molecule has 0 aliphatic rings. The summed E-state index contributed by atoms with van der Waals surface area (Å²) in [5.41, 5.74) is 0.